The van der Waals surface area contributed by atoms with E-state index in [2.05, 4.69) is 38.2 Å². The van der Waals surface area contributed by atoms with Crippen molar-refractivity contribution in [2.75, 3.05) is 13.2 Å². The molecule has 1 amide bonds. The van der Waals surface area contributed by atoms with E-state index >= 15 is 0 Å². The Morgan fingerprint density at radius 3 is 2.37 bits per heavy atom. The zero-order valence-corrected chi connectivity index (χ0v) is 16.9. The van der Waals surface area contributed by atoms with Crippen LogP contribution in [-0.4, -0.2) is 24.2 Å². The molecule has 1 aromatic rings. The van der Waals surface area contributed by atoms with Crippen molar-refractivity contribution in [3.05, 3.63) is 64.0 Å². The molecule has 0 saturated carbocycles. The maximum absolute atomic E-state index is 14.1. The summed E-state index contributed by atoms with van der Waals surface area (Å²) >= 11 is 0. The number of hydrogen-bond acceptors (Lipinski definition) is 2. The van der Waals surface area contributed by atoms with Gasteiger partial charge in [-0.25, -0.2) is 4.39 Å². The number of amides is 1. The van der Waals surface area contributed by atoms with Crippen LogP contribution in [0.1, 0.15) is 69.3 Å². The van der Waals surface area contributed by atoms with E-state index in [1.807, 2.05) is 13.0 Å². The zero-order valence-electron chi connectivity index (χ0n) is 16.9. The lowest BCUT2D eigenvalue weighted by atomic mass is 10.0. The number of aliphatic hydroxyl groups excluding tert-OH is 1. The van der Waals surface area contributed by atoms with E-state index in [4.69, 9.17) is 5.11 Å². The molecular formula is C23H32FNO2. The van der Waals surface area contributed by atoms with Crippen LogP contribution in [0.5, 0.6) is 0 Å². The summed E-state index contributed by atoms with van der Waals surface area (Å²) < 4.78 is 14.1. The second-order valence-corrected chi connectivity index (χ2v) is 7.12. The minimum absolute atomic E-state index is 0.00632. The normalized spacial score (nSPS) is 12.1. The summed E-state index contributed by atoms with van der Waals surface area (Å²) in [7, 11) is 0. The highest BCUT2D eigenvalue weighted by atomic mass is 19.1. The number of halogens is 1. The Balaban J connectivity index is 2.60. The molecular weight excluding hydrogens is 341 g/mol. The first-order valence-corrected chi connectivity index (χ1v) is 9.48. The van der Waals surface area contributed by atoms with Crippen molar-refractivity contribution < 1.29 is 14.3 Å². The Morgan fingerprint density at radius 1 is 1.07 bits per heavy atom. The first-order chi connectivity index (χ1) is 12.8. The van der Waals surface area contributed by atoms with Gasteiger partial charge in [0.25, 0.3) is 5.91 Å². The molecule has 27 heavy (non-hydrogen) atoms. The SMILES string of the molecule is CC(C)=CCCC(C)=CCCC(C)=Cc1ccc(C(=O)NCCO)c(F)c1. The second kappa shape index (κ2) is 12.2. The first kappa shape index (κ1) is 22.8. The minimum Gasteiger partial charge on any atom is -0.395 e. The van der Waals surface area contributed by atoms with E-state index < -0.39 is 11.7 Å². The molecule has 3 nitrogen and oxygen atoms in total. The Labute approximate surface area is 162 Å². The molecule has 4 heteroatoms. The van der Waals surface area contributed by atoms with E-state index in [1.54, 1.807) is 6.07 Å². The molecule has 1 rings (SSSR count). The molecule has 148 valence electrons. The summed E-state index contributed by atoms with van der Waals surface area (Å²) in [5.41, 5.74) is 4.65. The van der Waals surface area contributed by atoms with Crippen LogP contribution in [0, 0.1) is 5.82 Å². The van der Waals surface area contributed by atoms with Crippen LogP contribution in [0.3, 0.4) is 0 Å². The largest absolute Gasteiger partial charge is 0.395 e. The Bertz CT molecular complexity index is 713. The van der Waals surface area contributed by atoms with Gasteiger partial charge in [0.15, 0.2) is 0 Å². The molecule has 0 aliphatic rings. The van der Waals surface area contributed by atoms with Gasteiger partial charge in [0.1, 0.15) is 5.82 Å². The molecule has 0 saturated heterocycles. The molecule has 0 heterocycles. The lowest BCUT2D eigenvalue weighted by molar-refractivity contribution is 0.0940. The predicted octanol–water partition coefficient (Wildman–Crippen LogP) is 5.42. The van der Waals surface area contributed by atoms with E-state index in [9.17, 15) is 9.18 Å². The molecule has 0 radical (unpaired) electrons. The molecule has 0 unspecified atom stereocenters. The van der Waals surface area contributed by atoms with Gasteiger partial charge in [-0.1, -0.05) is 41.0 Å². The maximum atomic E-state index is 14.1. The van der Waals surface area contributed by atoms with Crippen LogP contribution in [0.4, 0.5) is 4.39 Å². The summed E-state index contributed by atoms with van der Waals surface area (Å²) in [5.74, 6) is -1.07. The summed E-state index contributed by atoms with van der Waals surface area (Å²) in [5, 5.41) is 11.2. The Morgan fingerprint density at radius 2 is 1.74 bits per heavy atom. The number of allylic oxidation sites excluding steroid dienone is 5. The molecule has 0 aliphatic heterocycles. The lowest BCUT2D eigenvalue weighted by Crippen LogP contribution is -2.27. The van der Waals surface area contributed by atoms with Gasteiger partial charge in [-0.15, -0.1) is 0 Å². The van der Waals surface area contributed by atoms with Crippen molar-refractivity contribution in [1.29, 1.82) is 0 Å². The molecule has 0 spiro atoms. The van der Waals surface area contributed by atoms with Gasteiger partial charge < -0.3 is 10.4 Å². The van der Waals surface area contributed by atoms with Crippen molar-refractivity contribution in [3.63, 3.8) is 0 Å². The standard InChI is InChI=1S/C23H32FNO2/c1-17(2)7-5-8-18(3)9-6-10-19(4)15-20-11-12-21(22(24)16-20)23(27)25-13-14-26/h7,9,11-12,15-16,26H,5-6,8,10,13-14H2,1-4H3,(H,25,27). The highest BCUT2D eigenvalue weighted by Gasteiger charge is 2.11. The molecule has 1 aromatic carbocycles. The average molecular weight is 374 g/mol. The van der Waals surface area contributed by atoms with Crippen molar-refractivity contribution in [3.8, 4) is 0 Å². The number of nitrogens with one attached hydrogen (secondary N) is 1. The summed E-state index contributed by atoms with van der Waals surface area (Å²) in [4.78, 5) is 11.8. The third-order valence-electron chi connectivity index (χ3n) is 4.17. The monoisotopic (exact) mass is 373 g/mol. The number of aliphatic hydroxyl groups is 1. The number of carbonyl (C=O) groups is 1. The fraction of sp³-hybridized carbons (Fsp3) is 0.435. The minimum atomic E-state index is -0.554. The van der Waals surface area contributed by atoms with E-state index in [0.717, 1.165) is 31.2 Å². The van der Waals surface area contributed by atoms with Crippen LogP contribution in [0.2, 0.25) is 0 Å². The average Bonchev–Trinajstić information content (AvgIpc) is 2.59. The number of carbonyl (C=O) groups excluding carboxylic acids is 1. The Hall–Kier alpha value is -2.20. The van der Waals surface area contributed by atoms with Crippen LogP contribution in [-0.2, 0) is 0 Å². The summed E-state index contributed by atoms with van der Waals surface area (Å²) in [6.07, 6.45) is 10.5. The molecule has 0 atom stereocenters. The van der Waals surface area contributed by atoms with Gasteiger partial charge in [0, 0.05) is 6.54 Å². The number of benzene rings is 1. The predicted molar refractivity (Wildman–Crippen MR) is 111 cm³/mol. The van der Waals surface area contributed by atoms with Gasteiger partial charge in [0.2, 0.25) is 0 Å². The van der Waals surface area contributed by atoms with Crippen LogP contribution >= 0.6 is 0 Å². The van der Waals surface area contributed by atoms with Gasteiger partial charge >= 0.3 is 0 Å². The molecule has 0 aromatic heterocycles. The van der Waals surface area contributed by atoms with Crippen LogP contribution in [0.15, 0.2) is 47.1 Å². The second-order valence-electron chi connectivity index (χ2n) is 7.12. The van der Waals surface area contributed by atoms with Gasteiger partial charge in [-0.05, 0) is 71.1 Å². The van der Waals surface area contributed by atoms with Gasteiger partial charge in [-0.3, -0.25) is 4.79 Å². The maximum Gasteiger partial charge on any atom is 0.254 e. The quantitative estimate of drug-likeness (QED) is 0.538. The highest BCUT2D eigenvalue weighted by molar-refractivity contribution is 5.94. The molecule has 2 N–H and O–H groups in total. The topological polar surface area (TPSA) is 49.3 Å². The molecule has 0 aliphatic carbocycles. The third kappa shape index (κ3) is 9.34. The third-order valence-corrected chi connectivity index (χ3v) is 4.17. The fourth-order valence-electron chi connectivity index (χ4n) is 2.66. The van der Waals surface area contributed by atoms with Crippen LogP contribution in [0.25, 0.3) is 6.08 Å². The van der Waals surface area contributed by atoms with Crippen LogP contribution < -0.4 is 5.32 Å². The number of rotatable bonds is 10. The molecule has 0 bridgehead atoms. The number of hydrogen-bond donors (Lipinski definition) is 2. The van der Waals surface area contributed by atoms with Crippen molar-refractivity contribution in [1.82, 2.24) is 5.32 Å². The lowest BCUT2D eigenvalue weighted by Gasteiger charge is -2.06. The summed E-state index contributed by atoms with van der Waals surface area (Å²) in [6.45, 7) is 8.37. The van der Waals surface area contributed by atoms with Crippen molar-refractivity contribution in [2.24, 2.45) is 0 Å². The fourth-order valence-corrected chi connectivity index (χ4v) is 2.66. The Kier molecular flexibility index (Phi) is 10.3. The van der Waals surface area contributed by atoms with Gasteiger partial charge in [-0.2, -0.15) is 0 Å². The highest BCUT2D eigenvalue weighted by Crippen LogP contribution is 2.17. The zero-order chi connectivity index (χ0) is 20.2. The smallest absolute Gasteiger partial charge is 0.254 e. The van der Waals surface area contributed by atoms with Gasteiger partial charge in [0.05, 0.1) is 12.2 Å². The van der Waals surface area contributed by atoms with Crippen molar-refractivity contribution in [2.45, 2.75) is 53.4 Å². The first-order valence-electron chi connectivity index (χ1n) is 9.48. The van der Waals surface area contributed by atoms with E-state index in [1.165, 1.54) is 28.9 Å². The summed E-state index contributed by atoms with van der Waals surface area (Å²) in [6, 6.07) is 4.59. The molecule has 0 fully saturated rings. The van der Waals surface area contributed by atoms with E-state index in [0.29, 0.717) is 0 Å². The van der Waals surface area contributed by atoms with E-state index in [-0.39, 0.29) is 18.7 Å². The van der Waals surface area contributed by atoms with Crippen molar-refractivity contribution >= 4 is 12.0 Å².